The van der Waals surface area contributed by atoms with Crippen molar-refractivity contribution in [3.05, 3.63) is 42.0 Å². The molecule has 2 N–H and O–H groups in total. The average Bonchev–Trinajstić information content (AvgIpc) is 2.50. The summed E-state index contributed by atoms with van der Waals surface area (Å²) in [6, 6.07) is 12.2. The summed E-state index contributed by atoms with van der Waals surface area (Å²) in [5.74, 6) is 0.858. The Hall–Kier alpha value is -2.14. The van der Waals surface area contributed by atoms with Gasteiger partial charge in [0.2, 0.25) is 0 Å². The summed E-state index contributed by atoms with van der Waals surface area (Å²) in [6.45, 7) is 1.94. The number of ether oxygens (including phenoxy) is 1. The molecule has 0 aliphatic heterocycles. The van der Waals surface area contributed by atoms with E-state index in [2.05, 4.69) is 28.0 Å². The van der Waals surface area contributed by atoms with Crippen LogP contribution in [0.25, 0.3) is 10.8 Å². The van der Waals surface area contributed by atoms with Crippen LogP contribution >= 0.6 is 12.2 Å². The first-order chi connectivity index (χ1) is 9.63. The number of hydrazone groups is 1. The van der Waals surface area contributed by atoms with Gasteiger partial charge in [0.05, 0.1) is 12.8 Å². The average molecular weight is 287 g/mol. The molecule has 20 heavy (non-hydrogen) atoms. The molecule has 0 saturated carbocycles. The minimum Gasteiger partial charge on any atom is -0.497 e. The van der Waals surface area contributed by atoms with Crippen molar-refractivity contribution in [2.45, 2.75) is 6.92 Å². The van der Waals surface area contributed by atoms with Gasteiger partial charge in [-0.3, -0.25) is 5.43 Å². The van der Waals surface area contributed by atoms with Gasteiger partial charge in [0.15, 0.2) is 5.11 Å². The molecule has 0 aliphatic carbocycles. The first kappa shape index (κ1) is 14.3. The van der Waals surface area contributed by atoms with E-state index in [1.165, 1.54) is 0 Å². The fraction of sp³-hybridized carbons (Fsp3) is 0.200. The molecule has 0 radical (unpaired) electrons. The first-order valence-electron chi connectivity index (χ1n) is 6.24. The van der Waals surface area contributed by atoms with Gasteiger partial charge in [0.25, 0.3) is 0 Å². The number of benzene rings is 2. The van der Waals surface area contributed by atoms with E-state index < -0.39 is 0 Å². The van der Waals surface area contributed by atoms with Gasteiger partial charge >= 0.3 is 0 Å². The molecule has 0 amide bonds. The molecule has 2 aromatic rings. The maximum absolute atomic E-state index is 5.22. The quantitative estimate of drug-likeness (QED) is 0.517. The van der Waals surface area contributed by atoms with Crippen LogP contribution in [0.15, 0.2) is 41.5 Å². The normalized spacial score (nSPS) is 11.2. The monoisotopic (exact) mass is 287 g/mol. The molecule has 0 unspecified atom stereocenters. The van der Waals surface area contributed by atoms with Crippen LogP contribution in [0.4, 0.5) is 0 Å². The maximum atomic E-state index is 5.22. The summed E-state index contributed by atoms with van der Waals surface area (Å²) in [5.41, 5.74) is 4.71. The Morgan fingerprint density at radius 1 is 1.15 bits per heavy atom. The standard InChI is InChI=1S/C15H17N3OS/c1-10(17-18-15(20)16-2)11-4-5-13-9-14(19-3)7-6-12(13)8-11/h4-9H,1-3H3,(H2,16,18,20)/b17-10-. The molecule has 0 atom stereocenters. The van der Waals surface area contributed by atoms with Gasteiger partial charge in [-0.25, -0.2) is 0 Å². The summed E-state index contributed by atoms with van der Waals surface area (Å²) in [4.78, 5) is 0. The van der Waals surface area contributed by atoms with Gasteiger partial charge in [-0.1, -0.05) is 18.2 Å². The third-order valence-electron chi connectivity index (χ3n) is 3.02. The smallest absolute Gasteiger partial charge is 0.186 e. The van der Waals surface area contributed by atoms with Crippen molar-refractivity contribution < 1.29 is 4.74 Å². The molecular formula is C15H17N3OS. The van der Waals surface area contributed by atoms with Crippen molar-refractivity contribution in [2.24, 2.45) is 5.10 Å². The van der Waals surface area contributed by atoms with Crippen molar-refractivity contribution in [1.82, 2.24) is 10.7 Å². The number of nitrogens with one attached hydrogen (secondary N) is 2. The number of hydrogen-bond donors (Lipinski definition) is 2. The number of fused-ring (bicyclic) bond motifs is 1. The predicted molar refractivity (Wildman–Crippen MR) is 87.5 cm³/mol. The number of nitrogens with zero attached hydrogens (tertiary/aromatic N) is 1. The highest BCUT2D eigenvalue weighted by Crippen LogP contribution is 2.22. The highest BCUT2D eigenvalue weighted by Gasteiger charge is 2.02. The number of thiocarbonyl (C=S) groups is 1. The lowest BCUT2D eigenvalue weighted by Gasteiger charge is -2.07. The van der Waals surface area contributed by atoms with Crippen molar-refractivity contribution in [3.63, 3.8) is 0 Å². The molecule has 0 bridgehead atoms. The second-order valence-electron chi connectivity index (χ2n) is 4.32. The predicted octanol–water partition coefficient (Wildman–Crippen LogP) is 2.67. The molecule has 0 aliphatic rings. The Kier molecular flexibility index (Phi) is 4.53. The van der Waals surface area contributed by atoms with Crippen molar-refractivity contribution in [1.29, 1.82) is 0 Å². The summed E-state index contributed by atoms with van der Waals surface area (Å²) in [6.07, 6.45) is 0. The number of hydrogen-bond acceptors (Lipinski definition) is 3. The topological polar surface area (TPSA) is 45.7 Å². The zero-order chi connectivity index (χ0) is 14.5. The van der Waals surface area contributed by atoms with E-state index in [0.29, 0.717) is 5.11 Å². The third kappa shape index (κ3) is 3.24. The molecule has 2 rings (SSSR count). The summed E-state index contributed by atoms with van der Waals surface area (Å²) in [7, 11) is 3.42. The lowest BCUT2D eigenvalue weighted by molar-refractivity contribution is 0.415. The Labute approximate surface area is 123 Å². The van der Waals surface area contributed by atoms with Crippen LogP contribution in [-0.2, 0) is 0 Å². The number of methoxy groups -OCH3 is 1. The Morgan fingerprint density at radius 2 is 1.85 bits per heavy atom. The molecule has 0 fully saturated rings. The van der Waals surface area contributed by atoms with Gasteiger partial charge in [-0.2, -0.15) is 5.10 Å². The molecular weight excluding hydrogens is 270 g/mol. The fourth-order valence-electron chi connectivity index (χ4n) is 1.83. The molecule has 5 heteroatoms. The van der Waals surface area contributed by atoms with Crippen molar-refractivity contribution in [2.75, 3.05) is 14.2 Å². The van der Waals surface area contributed by atoms with Gasteiger partial charge < -0.3 is 10.1 Å². The highest BCUT2D eigenvalue weighted by atomic mass is 32.1. The Bertz CT molecular complexity index is 667. The zero-order valence-corrected chi connectivity index (χ0v) is 12.5. The second kappa shape index (κ2) is 6.34. The van der Waals surface area contributed by atoms with E-state index in [0.717, 1.165) is 27.8 Å². The van der Waals surface area contributed by atoms with Gasteiger partial charge in [-0.15, -0.1) is 0 Å². The van der Waals surface area contributed by atoms with Crippen LogP contribution in [0, 0.1) is 0 Å². The number of rotatable bonds is 3. The van der Waals surface area contributed by atoms with Crippen LogP contribution in [-0.4, -0.2) is 25.0 Å². The van der Waals surface area contributed by atoms with Crippen LogP contribution in [0.2, 0.25) is 0 Å². The van der Waals surface area contributed by atoms with E-state index in [9.17, 15) is 0 Å². The van der Waals surface area contributed by atoms with Crippen LogP contribution in [0.3, 0.4) is 0 Å². The first-order valence-corrected chi connectivity index (χ1v) is 6.65. The van der Waals surface area contributed by atoms with E-state index in [1.54, 1.807) is 14.2 Å². The fourth-order valence-corrected chi connectivity index (χ4v) is 1.88. The van der Waals surface area contributed by atoms with Gasteiger partial charge in [0.1, 0.15) is 5.75 Å². The maximum Gasteiger partial charge on any atom is 0.186 e. The zero-order valence-electron chi connectivity index (χ0n) is 11.7. The Balaban J connectivity index is 2.29. The Morgan fingerprint density at radius 3 is 2.55 bits per heavy atom. The summed E-state index contributed by atoms with van der Waals surface area (Å²) < 4.78 is 5.22. The molecule has 4 nitrogen and oxygen atoms in total. The van der Waals surface area contributed by atoms with Crippen LogP contribution in [0.5, 0.6) is 5.75 Å². The molecule has 0 heterocycles. The molecule has 104 valence electrons. The van der Waals surface area contributed by atoms with Crippen LogP contribution in [0.1, 0.15) is 12.5 Å². The van der Waals surface area contributed by atoms with E-state index >= 15 is 0 Å². The highest BCUT2D eigenvalue weighted by molar-refractivity contribution is 7.80. The summed E-state index contributed by atoms with van der Waals surface area (Å²) in [5, 5.41) is 9.84. The minimum atomic E-state index is 0.495. The third-order valence-corrected chi connectivity index (χ3v) is 3.31. The lowest BCUT2D eigenvalue weighted by Crippen LogP contribution is -2.29. The van der Waals surface area contributed by atoms with Crippen molar-refractivity contribution in [3.8, 4) is 5.75 Å². The largest absolute Gasteiger partial charge is 0.497 e. The summed E-state index contributed by atoms with van der Waals surface area (Å²) >= 11 is 4.99. The second-order valence-corrected chi connectivity index (χ2v) is 4.72. The molecule has 0 aromatic heterocycles. The van der Waals surface area contributed by atoms with Crippen LogP contribution < -0.4 is 15.5 Å². The van der Waals surface area contributed by atoms with E-state index in [1.807, 2.05) is 31.2 Å². The van der Waals surface area contributed by atoms with E-state index in [4.69, 9.17) is 17.0 Å². The molecule has 0 saturated heterocycles. The van der Waals surface area contributed by atoms with Crippen molar-refractivity contribution >= 4 is 33.8 Å². The van der Waals surface area contributed by atoms with Gasteiger partial charge in [-0.05, 0) is 53.7 Å². The van der Waals surface area contributed by atoms with Gasteiger partial charge in [0, 0.05) is 7.05 Å². The molecule has 2 aromatic carbocycles. The lowest BCUT2D eigenvalue weighted by atomic mass is 10.0. The molecule has 0 spiro atoms. The minimum absolute atomic E-state index is 0.495. The SMILES string of the molecule is CNC(=S)N/N=C(/C)c1ccc2cc(OC)ccc2c1. The van der Waals surface area contributed by atoms with E-state index in [-0.39, 0.29) is 0 Å².